The van der Waals surface area contributed by atoms with Crippen molar-refractivity contribution in [3.8, 4) is 0 Å². The Labute approximate surface area is 154 Å². The summed E-state index contributed by atoms with van der Waals surface area (Å²) in [6.07, 6.45) is 0. The molecule has 4 N–H and O–H groups in total. The minimum absolute atomic E-state index is 0.0297. The lowest BCUT2D eigenvalue weighted by molar-refractivity contribution is 0.0779. The molecule has 0 bridgehead atoms. The van der Waals surface area contributed by atoms with Crippen LogP contribution in [-0.4, -0.2) is 32.9 Å². The monoisotopic (exact) mass is 409 g/mol. The van der Waals surface area contributed by atoms with Crippen molar-refractivity contribution in [3.63, 3.8) is 0 Å². The molecule has 0 aliphatic heterocycles. The third-order valence-electron chi connectivity index (χ3n) is 4.04. The number of nitrogens with one attached hydrogen (secondary N) is 1. The Balaban J connectivity index is 3.30. The molecule has 1 aromatic rings. The zero-order valence-corrected chi connectivity index (χ0v) is 18.3. The third-order valence-corrected chi connectivity index (χ3v) is 11.8. The second-order valence-electron chi connectivity index (χ2n) is 7.83. The maximum Gasteiger partial charge on any atom is 0.326 e. The van der Waals surface area contributed by atoms with Gasteiger partial charge in [0.25, 0.3) is 10.0 Å². The molecule has 144 valence electrons. The third kappa shape index (κ3) is 5.48. The van der Waals surface area contributed by atoms with Crippen LogP contribution in [0.3, 0.4) is 0 Å². The molecular weight excluding hydrogens is 382 g/mol. The topological polar surface area (TPSA) is 132 Å². The zero-order chi connectivity index (χ0) is 19.8. The highest BCUT2D eigenvalue weighted by Gasteiger charge is 2.38. The molecule has 0 aromatic carbocycles. The number of amides is 2. The van der Waals surface area contributed by atoms with Crippen LogP contribution in [-0.2, 0) is 26.7 Å². The average Bonchev–Trinajstić information content (AvgIpc) is 2.78. The van der Waals surface area contributed by atoms with Gasteiger partial charge in [-0.2, -0.15) is 0 Å². The van der Waals surface area contributed by atoms with E-state index in [2.05, 4.69) is 25.8 Å². The molecule has 2 amide bonds. The lowest BCUT2D eigenvalue weighted by Crippen LogP contribution is -2.40. The van der Waals surface area contributed by atoms with Crippen molar-refractivity contribution >= 4 is 35.7 Å². The summed E-state index contributed by atoms with van der Waals surface area (Å²) in [5.41, 5.74) is 3.77. The first-order valence-electron chi connectivity index (χ1n) is 7.66. The van der Waals surface area contributed by atoms with E-state index in [1.54, 1.807) is 4.72 Å². The number of sulfonamides is 1. The Bertz CT molecular complexity index is 745. The van der Waals surface area contributed by atoms with Gasteiger partial charge in [-0.3, -0.25) is 0 Å². The molecular formula is C14H27N3O5S2Si. The number of primary amides is 1. The van der Waals surface area contributed by atoms with Gasteiger partial charge in [-0.25, -0.2) is 22.9 Å². The molecule has 0 saturated carbocycles. The van der Waals surface area contributed by atoms with Crippen molar-refractivity contribution in [2.45, 2.75) is 69.2 Å². The standard InChI is InChI=1S/C14H27N3O5S2Si/c1-13(2,3)25(6,7)22-8-9-10(24(20,21)17-12(15)18)23-11(16-9)14(4,5)19/h19H,8H2,1-7H3,(H3,15,17,18). The number of urea groups is 1. The van der Waals surface area contributed by atoms with Gasteiger partial charge in [-0.1, -0.05) is 20.8 Å². The highest BCUT2D eigenvalue weighted by atomic mass is 32.2. The van der Waals surface area contributed by atoms with Crippen LogP contribution in [0, 0.1) is 0 Å². The number of rotatable bonds is 6. The van der Waals surface area contributed by atoms with Crippen molar-refractivity contribution in [2.24, 2.45) is 5.73 Å². The summed E-state index contributed by atoms with van der Waals surface area (Å²) < 4.78 is 32.3. The number of nitrogens with two attached hydrogens (primary N) is 1. The fourth-order valence-corrected chi connectivity index (χ4v) is 4.85. The summed E-state index contributed by atoms with van der Waals surface area (Å²) in [5.74, 6) is 0. The minimum Gasteiger partial charge on any atom is -0.411 e. The lowest BCUT2D eigenvalue weighted by atomic mass is 10.2. The molecule has 11 heteroatoms. The summed E-state index contributed by atoms with van der Waals surface area (Å²) >= 11 is 0.790. The first kappa shape index (κ1) is 22.0. The number of aromatic nitrogens is 1. The van der Waals surface area contributed by atoms with E-state index in [4.69, 9.17) is 10.2 Å². The van der Waals surface area contributed by atoms with Crippen LogP contribution in [0.4, 0.5) is 4.79 Å². The Morgan fingerprint density at radius 3 is 2.24 bits per heavy atom. The predicted molar refractivity (Wildman–Crippen MR) is 99.2 cm³/mol. The Morgan fingerprint density at radius 1 is 1.32 bits per heavy atom. The van der Waals surface area contributed by atoms with Crippen LogP contribution in [0.5, 0.6) is 0 Å². The molecule has 0 fully saturated rings. The van der Waals surface area contributed by atoms with E-state index < -0.39 is 30.0 Å². The molecule has 0 aliphatic rings. The van der Waals surface area contributed by atoms with E-state index in [0.29, 0.717) is 0 Å². The quantitative estimate of drug-likeness (QED) is 0.617. The summed E-state index contributed by atoms with van der Waals surface area (Å²) in [6.45, 7) is 13.2. The van der Waals surface area contributed by atoms with Crippen molar-refractivity contribution in [3.05, 3.63) is 10.7 Å². The maximum atomic E-state index is 12.4. The van der Waals surface area contributed by atoms with Crippen LogP contribution in [0.2, 0.25) is 18.1 Å². The van der Waals surface area contributed by atoms with E-state index in [-0.39, 0.29) is 26.6 Å². The van der Waals surface area contributed by atoms with Gasteiger partial charge in [0, 0.05) is 0 Å². The van der Waals surface area contributed by atoms with Gasteiger partial charge in [0.15, 0.2) is 12.5 Å². The Kier molecular flexibility index (Phi) is 6.12. The molecule has 1 heterocycles. The molecule has 8 nitrogen and oxygen atoms in total. The summed E-state index contributed by atoms with van der Waals surface area (Å²) in [6, 6.07) is -1.19. The first-order valence-corrected chi connectivity index (χ1v) is 12.9. The number of nitrogens with zero attached hydrogens (tertiary/aromatic N) is 1. The number of carbonyl (C=O) groups excluding carboxylic acids is 1. The van der Waals surface area contributed by atoms with E-state index >= 15 is 0 Å². The van der Waals surface area contributed by atoms with Crippen LogP contribution >= 0.6 is 11.3 Å². The van der Waals surface area contributed by atoms with Gasteiger partial charge >= 0.3 is 6.03 Å². The minimum atomic E-state index is -4.18. The summed E-state index contributed by atoms with van der Waals surface area (Å²) in [7, 11) is -6.32. The molecule has 1 rings (SSSR count). The smallest absolute Gasteiger partial charge is 0.326 e. The van der Waals surface area contributed by atoms with Gasteiger partial charge in [-0.05, 0) is 32.0 Å². The second kappa shape index (κ2) is 6.95. The fraction of sp³-hybridized carbons (Fsp3) is 0.714. The second-order valence-corrected chi connectivity index (χ2v) is 15.5. The van der Waals surface area contributed by atoms with Gasteiger partial charge in [-0.15, -0.1) is 11.3 Å². The number of hydrogen-bond acceptors (Lipinski definition) is 7. The molecule has 0 radical (unpaired) electrons. The number of thiazole rings is 1. The highest BCUT2D eigenvalue weighted by molar-refractivity contribution is 7.92. The predicted octanol–water partition coefficient (Wildman–Crippen LogP) is 2.25. The first-order chi connectivity index (χ1) is 11.0. The van der Waals surface area contributed by atoms with Crippen LogP contribution in [0.15, 0.2) is 4.21 Å². The number of aliphatic hydroxyl groups is 1. The van der Waals surface area contributed by atoms with E-state index in [1.807, 2.05) is 13.1 Å². The van der Waals surface area contributed by atoms with E-state index in [1.165, 1.54) is 13.8 Å². The van der Waals surface area contributed by atoms with Gasteiger partial charge in [0.1, 0.15) is 10.6 Å². The average molecular weight is 410 g/mol. The van der Waals surface area contributed by atoms with Crippen molar-refractivity contribution < 1.29 is 22.7 Å². The van der Waals surface area contributed by atoms with Crippen LogP contribution in [0.1, 0.15) is 45.3 Å². The van der Waals surface area contributed by atoms with Crippen molar-refractivity contribution in [2.75, 3.05) is 0 Å². The molecule has 0 atom stereocenters. The maximum absolute atomic E-state index is 12.4. The molecule has 0 aliphatic carbocycles. The SMILES string of the molecule is CC(C)(O)c1nc(CO[Si](C)(C)C(C)(C)C)c(S(=O)(=O)NC(N)=O)s1. The number of carbonyl (C=O) groups is 1. The van der Waals surface area contributed by atoms with Gasteiger partial charge < -0.3 is 15.3 Å². The van der Waals surface area contributed by atoms with Crippen LogP contribution < -0.4 is 10.5 Å². The largest absolute Gasteiger partial charge is 0.411 e. The Hall–Kier alpha value is -1.01. The molecule has 1 aromatic heterocycles. The van der Waals surface area contributed by atoms with E-state index in [0.717, 1.165) is 11.3 Å². The lowest BCUT2D eigenvalue weighted by Gasteiger charge is -2.36. The summed E-state index contributed by atoms with van der Waals surface area (Å²) in [5, 5.41) is 10.3. The Morgan fingerprint density at radius 2 is 1.84 bits per heavy atom. The van der Waals surface area contributed by atoms with Crippen LogP contribution in [0.25, 0.3) is 0 Å². The summed E-state index contributed by atoms with van der Waals surface area (Å²) in [4.78, 5) is 15.2. The highest BCUT2D eigenvalue weighted by Crippen LogP contribution is 2.38. The molecule has 0 spiro atoms. The van der Waals surface area contributed by atoms with Gasteiger partial charge in [0.05, 0.1) is 12.3 Å². The fourth-order valence-electron chi connectivity index (χ4n) is 1.54. The normalized spacial score (nSPS) is 13.8. The molecule has 0 saturated heterocycles. The van der Waals surface area contributed by atoms with E-state index in [9.17, 15) is 18.3 Å². The molecule has 0 unspecified atom stereocenters. The zero-order valence-electron chi connectivity index (χ0n) is 15.6. The van der Waals surface area contributed by atoms with Crippen molar-refractivity contribution in [1.29, 1.82) is 0 Å². The number of hydrogen-bond donors (Lipinski definition) is 3. The van der Waals surface area contributed by atoms with Crippen molar-refractivity contribution in [1.82, 2.24) is 9.71 Å². The van der Waals surface area contributed by atoms with Gasteiger partial charge in [0.2, 0.25) is 0 Å². The molecule has 25 heavy (non-hydrogen) atoms.